The fourth-order valence-corrected chi connectivity index (χ4v) is 2.48. The molecule has 0 atom stereocenters. The summed E-state index contributed by atoms with van der Waals surface area (Å²) in [6.07, 6.45) is 1.19. The van der Waals surface area contributed by atoms with Crippen molar-refractivity contribution in [3.63, 3.8) is 0 Å². The molecule has 19 heavy (non-hydrogen) atoms. The Balaban J connectivity index is 1.91. The molecule has 0 radical (unpaired) electrons. The molecule has 1 aromatic heterocycles. The van der Waals surface area contributed by atoms with E-state index in [2.05, 4.69) is 5.16 Å². The van der Waals surface area contributed by atoms with Crippen molar-refractivity contribution in [3.8, 4) is 0 Å². The summed E-state index contributed by atoms with van der Waals surface area (Å²) in [7, 11) is 0. The van der Waals surface area contributed by atoms with Crippen molar-refractivity contribution in [1.82, 2.24) is 10.1 Å². The molecule has 0 N–H and O–H groups in total. The summed E-state index contributed by atoms with van der Waals surface area (Å²) >= 11 is 0. The number of carbonyl (C=O) groups is 1. The zero-order valence-electron chi connectivity index (χ0n) is 12.2. The summed E-state index contributed by atoms with van der Waals surface area (Å²) in [6, 6.07) is 0. The smallest absolute Gasteiger partial charge is 0.223 e. The Kier molecular flexibility index (Phi) is 3.94. The number of morpholine rings is 1. The zero-order valence-corrected chi connectivity index (χ0v) is 12.2. The highest BCUT2D eigenvalue weighted by atomic mass is 16.5. The molecule has 2 heterocycles. The Morgan fingerprint density at radius 1 is 1.42 bits per heavy atom. The van der Waals surface area contributed by atoms with Crippen molar-refractivity contribution in [3.05, 3.63) is 17.0 Å². The van der Waals surface area contributed by atoms with Crippen LogP contribution in [0.25, 0.3) is 0 Å². The molecule has 0 unspecified atom stereocenters. The molecule has 0 aromatic carbocycles. The molecule has 5 nitrogen and oxygen atoms in total. The predicted octanol–water partition coefficient (Wildman–Crippen LogP) is 1.86. The first kappa shape index (κ1) is 14.1. The highest BCUT2D eigenvalue weighted by Crippen LogP contribution is 2.19. The molecule has 106 valence electrons. The van der Waals surface area contributed by atoms with Crippen LogP contribution in [-0.2, 0) is 16.0 Å². The normalized spacial score (nSPS) is 18.6. The van der Waals surface area contributed by atoms with Gasteiger partial charge in [-0.25, -0.2) is 0 Å². The van der Waals surface area contributed by atoms with Crippen molar-refractivity contribution in [2.75, 3.05) is 19.7 Å². The van der Waals surface area contributed by atoms with Crippen LogP contribution in [0.5, 0.6) is 0 Å². The minimum absolute atomic E-state index is 0.177. The van der Waals surface area contributed by atoms with Gasteiger partial charge in [-0.3, -0.25) is 4.79 Å². The van der Waals surface area contributed by atoms with Crippen molar-refractivity contribution in [2.24, 2.45) is 0 Å². The first-order valence-corrected chi connectivity index (χ1v) is 6.72. The van der Waals surface area contributed by atoms with Crippen LogP contribution in [0.15, 0.2) is 4.52 Å². The molecule has 0 spiro atoms. The van der Waals surface area contributed by atoms with Crippen molar-refractivity contribution < 1.29 is 14.1 Å². The molecular weight excluding hydrogens is 244 g/mol. The summed E-state index contributed by atoms with van der Waals surface area (Å²) in [5.41, 5.74) is 1.70. The van der Waals surface area contributed by atoms with Crippen molar-refractivity contribution in [2.45, 2.75) is 46.1 Å². The van der Waals surface area contributed by atoms with E-state index >= 15 is 0 Å². The van der Waals surface area contributed by atoms with E-state index in [0.29, 0.717) is 32.5 Å². The Hall–Kier alpha value is -1.36. The van der Waals surface area contributed by atoms with Gasteiger partial charge in [-0.15, -0.1) is 0 Å². The van der Waals surface area contributed by atoms with Gasteiger partial charge in [0.2, 0.25) is 5.91 Å². The van der Waals surface area contributed by atoms with Crippen LogP contribution >= 0.6 is 0 Å². The number of nitrogens with zero attached hydrogens (tertiary/aromatic N) is 2. The van der Waals surface area contributed by atoms with E-state index in [-0.39, 0.29) is 11.5 Å². The highest BCUT2D eigenvalue weighted by molar-refractivity contribution is 5.76. The van der Waals surface area contributed by atoms with Crippen LogP contribution in [0.2, 0.25) is 0 Å². The average molecular weight is 266 g/mol. The lowest BCUT2D eigenvalue weighted by molar-refractivity contribution is -0.145. The molecular formula is C14H22N2O3. The second-order valence-electron chi connectivity index (χ2n) is 5.73. The quantitative estimate of drug-likeness (QED) is 0.838. The maximum Gasteiger partial charge on any atom is 0.223 e. The van der Waals surface area contributed by atoms with E-state index in [0.717, 1.165) is 17.0 Å². The standard InChI is InChI=1S/C14H22N2O3/c1-10-12(11(2)19-15-10)5-6-13(17)16-7-8-18-14(3,4)9-16/h5-9H2,1-4H3. The van der Waals surface area contributed by atoms with Gasteiger partial charge >= 0.3 is 0 Å². The van der Waals surface area contributed by atoms with Gasteiger partial charge in [0.05, 0.1) is 17.9 Å². The minimum Gasteiger partial charge on any atom is -0.372 e. The van der Waals surface area contributed by atoms with Crippen LogP contribution in [0.1, 0.15) is 37.3 Å². The van der Waals surface area contributed by atoms with Crippen molar-refractivity contribution >= 4 is 5.91 Å². The van der Waals surface area contributed by atoms with E-state index in [1.807, 2.05) is 32.6 Å². The van der Waals surface area contributed by atoms with Crippen molar-refractivity contribution in [1.29, 1.82) is 0 Å². The number of aromatic nitrogens is 1. The molecule has 1 fully saturated rings. The topological polar surface area (TPSA) is 55.6 Å². The van der Waals surface area contributed by atoms with Gasteiger partial charge in [-0.2, -0.15) is 0 Å². The largest absolute Gasteiger partial charge is 0.372 e. The van der Waals surface area contributed by atoms with Gasteiger partial charge in [0.25, 0.3) is 0 Å². The average Bonchev–Trinajstić information content (AvgIpc) is 2.65. The maximum absolute atomic E-state index is 12.2. The minimum atomic E-state index is -0.239. The van der Waals surface area contributed by atoms with Crippen LogP contribution in [-0.4, -0.2) is 41.3 Å². The number of hydrogen-bond donors (Lipinski definition) is 0. The summed E-state index contributed by atoms with van der Waals surface area (Å²) in [4.78, 5) is 14.1. The lowest BCUT2D eigenvalue weighted by atomic mass is 10.1. The second kappa shape index (κ2) is 5.33. The molecule has 1 amide bonds. The van der Waals surface area contributed by atoms with Gasteiger partial charge in [0, 0.05) is 25.1 Å². The highest BCUT2D eigenvalue weighted by Gasteiger charge is 2.29. The van der Waals surface area contributed by atoms with E-state index < -0.39 is 0 Å². The van der Waals surface area contributed by atoms with Crippen LogP contribution in [0, 0.1) is 13.8 Å². The fourth-order valence-electron chi connectivity index (χ4n) is 2.48. The zero-order chi connectivity index (χ0) is 14.0. The summed E-state index contributed by atoms with van der Waals surface area (Å²) in [5.74, 6) is 0.990. The van der Waals surface area contributed by atoms with E-state index in [9.17, 15) is 4.79 Å². The molecule has 1 saturated heterocycles. The van der Waals surface area contributed by atoms with E-state index in [1.165, 1.54) is 0 Å². The molecule has 1 aromatic rings. The molecule has 0 bridgehead atoms. The SMILES string of the molecule is Cc1noc(C)c1CCC(=O)N1CCOC(C)(C)C1. The molecule has 2 rings (SSSR count). The molecule has 5 heteroatoms. The van der Waals surface area contributed by atoms with Gasteiger partial charge in [-0.05, 0) is 34.1 Å². The van der Waals surface area contributed by atoms with Gasteiger partial charge in [0.15, 0.2) is 0 Å². The molecule has 1 aliphatic rings. The Bertz CT molecular complexity index is 446. The first-order chi connectivity index (χ1) is 8.89. The third-order valence-electron chi connectivity index (χ3n) is 3.55. The van der Waals surface area contributed by atoms with Gasteiger partial charge in [0.1, 0.15) is 5.76 Å². The Morgan fingerprint density at radius 2 is 2.16 bits per heavy atom. The van der Waals surface area contributed by atoms with Crippen LogP contribution in [0.4, 0.5) is 0 Å². The predicted molar refractivity (Wildman–Crippen MR) is 70.9 cm³/mol. The monoisotopic (exact) mass is 266 g/mol. The fraction of sp³-hybridized carbons (Fsp3) is 0.714. The first-order valence-electron chi connectivity index (χ1n) is 6.72. The number of carbonyl (C=O) groups excluding carboxylic acids is 1. The van der Waals surface area contributed by atoms with E-state index in [1.54, 1.807) is 0 Å². The summed E-state index contributed by atoms with van der Waals surface area (Å²) < 4.78 is 10.7. The summed E-state index contributed by atoms with van der Waals surface area (Å²) in [6.45, 7) is 9.79. The third kappa shape index (κ3) is 3.35. The Morgan fingerprint density at radius 3 is 2.74 bits per heavy atom. The second-order valence-corrected chi connectivity index (χ2v) is 5.73. The Labute approximate surface area is 113 Å². The number of ether oxygens (including phenoxy) is 1. The van der Waals surface area contributed by atoms with Gasteiger partial charge in [-0.1, -0.05) is 5.16 Å². The number of hydrogen-bond acceptors (Lipinski definition) is 4. The molecule has 0 saturated carbocycles. The number of rotatable bonds is 3. The summed E-state index contributed by atoms with van der Waals surface area (Å²) in [5, 5.41) is 3.91. The number of aryl methyl sites for hydroxylation is 2. The molecule has 1 aliphatic heterocycles. The van der Waals surface area contributed by atoms with Crippen LogP contribution < -0.4 is 0 Å². The van der Waals surface area contributed by atoms with Crippen LogP contribution in [0.3, 0.4) is 0 Å². The number of amides is 1. The third-order valence-corrected chi connectivity index (χ3v) is 3.55. The van der Waals surface area contributed by atoms with E-state index in [4.69, 9.17) is 9.26 Å². The van der Waals surface area contributed by atoms with Gasteiger partial charge < -0.3 is 14.2 Å². The molecule has 0 aliphatic carbocycles. The lowest BCUT2D eigenvalue weighted by Gasteiger charge is -2.38. The maximum atomic E-state index is 12.2. The lowest BCUT2D eigenvalue weighted by Crippen LogP contribution is -2.50.